The third-order valence-electron chi connectivity index (χ3n) is 4.82. The van der Waals surface area contributed by atoms with Gasteiger partial charge < -0.3 is 5.32 Å². The molecule has 1 aromatic carbocycles. The third kappa shape index (κ3) is 2.55. The summed E-state index contributed by atoms with van der Waals surface area (Å²) in [5.41, 5.74) is -0.445. The second-order valence-electron chi connectivity index (χ2n) is 6.60. The lowest BCUT2D eigenvalue weighted by Gasteiger charge is -2.11. The summed E-state index contributed by atoms with van der Waals surface area (Å²) in [5.74, 6) is -0.856. The first kappa shape index (κ1) is 15.3. The zero-order chi connectivity index (χ0) is 15.3. The lowest BCUT2D eigenvalue weighted by Crippen LogP contribution is -2.22. The molecule has 0 amide bonds. The second kappa shape index (κ2) is 4.45. The van der Waals surface area contributed by atoms with Crippen molar-refractivity contribution in [1.82, 2.24) is 5.32 Å². The highest BCUT2D eigenvalue weighted by Crippen LogP contribution is 2.62. The fourth-order valence-corrected chi connectivity index (χ4v) is 2.84. The Morgan fingerprint density at radius 2 is 1.60 bits per heavy atom. The maximum atomic E-state index is 13.3. The average Bonchev–Trinajstić information content (AvgIpc) is 2.65. The molecule has 0 saturated heterocycles. The number of halogens is 4. The van der Waals surface area contributed by atoms with E-state index < -0.39 is 17.6 Å². The zero-order valence-electron chi connectivity index (χ0n) is 12.0. The normalized spacial score (nSPS) is 21.0. The van der Waals surface area contributed by atoms with Crippen molar-refractivity contribution in [3.63, 3.8) is 0 Å². The van der Waals surface area contributed by atoms with Crippen molar-refractivity contribution >= 4 is 0 Å². The molecular weight excluding hydrogens is 270 g/mol. The van der Waals surface area contributed by atoms with E-state index >= 15 is 0 Å². The zero-order valence-corrected chi connectivity index (χ0v) is 12.0. The van der Waals surface area contributed by atoms with Gasteiger partial charge in [0, 0.05) is 12.6 Å². The fraction of sp³-hybridized carbons (Fsp3) is 0.600. The molecule has 0 aromatic heterocycles. The predicted octanol–water partition coefficient (Wildman–Crippen LogP) is 4.37. The van der Waals surface area contributed by atoms with Crippen LogP contribution in [0.3, 0.4) is 0 Å². The number of rotatable bonds is 3. The molecule has 1 aliphatic rings. The van der Waals surface area contributed by atoms with Crippen LogP contribution in [0.5, 0.6) is 0 Å². The van der Waals surface area contributed by atoms with Gasteiger partial charge in [0.25, 0.3) is 0 Å². The van der Waals surface area contributed by atoms with Crippen LogP contribution in [-0.4, -0.2) is 6.04 Å². The van der Waals surface area contributed by atoms with Gasteiger partial charge >= 0.3 is 6.18 Å². The average molecular weight is 289 g/mol. The van der Waals surface area contributed by atoms with Crippen LogP contribution < -0.4 is 5.32 Å². The van der Waals surface area contributed by atoms with E-state index in [2.05, 4.69) is 33.0 Å². The summed E-state index contributed by atoms with van der Waals surface area (Å²) in [6, 6.07) is 2.88. The Morgan fingerprint density at radius 1 is 1.05 bits per heavy atom. The van der Waals surface area contributed by atoms with Gasteiger partial charge in [-0.2, -0.15) is 13.2 Å². The monoisotopic (exact) mass is 289 g/mol. The molecule has 0 unspecified atom stereocenters. The maximum Gasteiger partial charge on any atom is 0.416 e. The van der Waals surface area contributed by atoms with Gasteiger partial charge in [0.05, 0.1) is 5.56 Å². The molecule has 1 saturated carbocycles. The van der Waals surface area contributed by atoms with E-state index in [4.69, 9.17) is 0 Å². The van der Waals surface area contributed by atoms with Crippen LogP contribution in [0.25, 0.3) is 0 Å². The van der Waals surface area contributed by atoms with E-state index in [1.165, 1.54) is 0 Å². The van der Waals surface area contributed by atoms with E-state index in [-0.39, 0.29) is 23.4 Å². The summed E-state index contributed by atoms with van der Waals surface area (Å²) in [6.45, 7) is 8.67. The number of hydrogen-bond acceptors (Lipinski definition) is 1. The van der Waals surface area contributed by atoms with Gasteiger partial charge in [-0.25, -0.2) is 4.39 Å². The molecule has 1 fully saturated rings. The van der Waals surface area contributed by atoms with E-state index in [1.807, 2.05) is 0 Å². The minimum Gasteiger partial charge on any atom is -0.309 e. The number of benzene rings is 1. The first-order valence-corrected chi connectivity index (χ1v) is 6.56. The van der Waals surface area contributed by atoms with Gasteiger partial charge in [-0.1, -0.05) is 27.7 Å². The number of nitrogens with one attached hydrogen (secondary N) is 1. The lowest BCUT2D eigenvalue weighted by molar-refractivity contribution is -0.137. The van der Waals surface area contributed by atoms with Crippen molar-refractivity contribution in [1.29, 1.82) is 0 Å². The van der Waals surface area contributed by atoms with Crippen LogP contribution in [0.1, 0.15) is 38.8 Å². The highest BCUT2D eigenvalue weighted by atomic mass is 19.4. The standard InChI is InChI=1S/C15H19F4N/c1-13(2)12(14(13,3)4)20-8-9-5-10(15(17,18)19)7-11(16)6-9/h5-7,12,20H,8H2,1-4H3. The molecule has 1 aromatic rings. The first-order chi connectivity index (χ1) is 8.96. The fourth-order valence-electron chi connectivity index (χ4n) is 2.84. The minimum atomic E-state index is -4.52. The second-order valence-corrected chi connectivity index (χ2v) is 6.60. The number of hydrogen-bond donors (Lipinski definition) is 1. The maximum absolute atomic E-state index is 13.3. The van der Waals surface area contributed by atoms with Crippen molar-refractivity contribution < 1.29 is 17.6 Å². The van der Waals surface area contributed by atoms with Gasteiger partial charge in [-0.15, -0.1) is 0 Å². The van der Waals surface area contributed by atoms with E-state index in [0.717, 1.165) is 12.1 Å². The molecule has 20 heavy (non-hydrogen) atoms. The molecule has 0 atom stereocenters. The third-order valence-corrected chi connectivity index (χ3v) is 4.82. The topological polar surface area (TPSA) is 12.0 Å². The summed E-state index contributed by atoms with van der Waals surface area (Å²) in [4.78, 5) is 0. The lowest BCUT2D eigenvalue weighted by atomic mass is 10.0. The molecule has 2 rings (SSSR count). The van der Waals surface area contributed by atoms with Crippen LogP contribution in [-0.2, 0) is 12.7 Å². The van der Waals surface area contributed by atoms with E-state index in [1.54, 1.807) is 0 Å². The van der Waals surface area contributed by atoms with Crippen LogP contribution in [0.15, 0.2) is 18.2 Å². The Balaban J connectivity index is 2.10. The molecule has 1 aliphatic carbocycles. The minimum absolute atomic E-state index is 0.0905. The molecule has 1 N–H and O–H groups in total. The Hall–Kier alpha value is -1.10. The van der Waals surface area contributed by atoms with Crippen molar-refractivity contribution in [2.45, 2.75) is 46.5 Å². The molecule has 0 bridgehead atoms. The highest BCUT2D eigenvalue weighted by Gasteiger charge is 2.64. The molecule has 1 nitrogen and oxygen atoms in total. The summed E-state index contributed by atoms with van der Waals surface area (Å²) < 4.78 is 51.1. The Labute approximate surface area is 116 Å². The number of alkyl halides is 3. The summed E-state index contributed by atoms with van der Waals surface area (Å²) >= 11 is 0. The molecule has 0 heterocycles. The quantitative estimate of drug-likeness (QED) is 0.815. The van der Waals surface area contributed by atoms with Crippen LogP contribution >= 0.6 is 0 Å². The summed E-state index contributed by atoms with van der Waals surface area (Å²) in [5, 5.41) is 3.23. The van der Waals surface area contributed by atoms with Crippen LogP contribution in [0.2, 0.25) is 0 Å². The van der Waals surface area contributed by atoms with Gasteiger partial charge in [-0.05, 0) is 34.6 Å². The summed E-state index contributed by atoms with van der Waals surface area (Å²) in [6.07, 6.45) is -4.52. The summed E-state index contributed by atoms with van der Waals surface area (Å²) in [7, 11) is 0. The molecule has 0 aliphatic heterocycles. The van der Waals surface area contributed by atoms with Gasteiger partial charge in [0.1, 0.15) is 5.82 Å². The predicted molar refractivity (Wildman–Crippen MR) is 69.6 cm³/mol. The molecule has 112 valence electrons. The molecule has 5 heteroatoms. The Bertz CT molecular complexity index is 503. The van der Waals surface area contributed by atoms with Crippen molar-refractivity contribution in [3.8, 4) is 0 Å². The first-order valence-electron chi connectivity index (χ1n) is 6.56. The van der Waals surface area contributed by atoms with E-state index in [0.29, 0.717) is 11.6 Å². The smallest absolute Gasteiger partial charge is 0.309 e. The van der Waals surface area contributed by atoms with E-state index in [9.17, 15) is 17.6 Å². The molecule has 0 spiro atoms. The van der Waals surface area contributed by atoms with Crippen molar-refractivity contribution in [2.75, 3.05) is 0 Å². The van der Waals surface area contributed by atoms with Crippen LogP contribution in [0.4, 0.5) is 17.6 Å². The Morgan fingerprint density at radius 3 is 2.05 bits per heavy atom. The van der Waals surface area contributed by atoms with Crippen LogP contribution in [0, 0.1) is 16.6 Å². The van der Waals surface area contributed by atoms with Gasteiger partial charge in [-0.3, -0.25) is 0 Å². The van der Waals surface area contributed by atoms with Gasteiger partial charge in [0.2, 0.25) is 0 Å². The van der Waals surface area contributed by atoms with Crippen molar-refractivity contribution in [2.24, 2.45) is 10.8 Å². The van der Waals surface area contributed by atoms with Crippen molar-refractivity contribution in [3.05, 3.63) is 35.1 Å². The highest BCUT2D eigenvalue weighted by molar-refractivity contribution is 5.27. The van der Waals surface area contributed by atoms with Gasteiger partial charge in [0.15, 0.2) is 0 Å². The largest absolute Gasteiger partial charge is 0.416 e. The Kier molecular flexibility index (Phi) is 3.40. The molecule has 0 radical (unpaired) electrons. The SMILES string of the molecule is CC1(C)C(NCc2cc(F)cc(C(F)(F)F)c2)C1(C)C. The molecular formula is C15H19F4N.